The van der Waals surface area contributed by atoms with Crippen molar-refractivity contribution in [1.29, 1.82) is 0 Å². The lowest BCUT2D eigenvalue weighted by Crippen LogP contribution is -2.50. The van der Waals surface area contributed by atoms with E-state index in [9.17, 15) is 0 Å². The van der Waals surface area contributed by atoms with Gasteiger partial charge in [0, 0.05) is 18.6 Å². The zero-order chi connectivity index (χ0) is 15.5. The van der Waals surface area contributed by atoms with E-state index in [-0.39, 0.29) is 0 Å². The molecule has 0 aliphatic heterocycles. The minimum Gasteiger partial charge on any atom is -0.329 e. The van der Waals surface area contributed by atoms with Crippen molar-refractivity contribution < 1.29 is 0 Å². The summed E-state index contributed by atoms with van der Waals surface area (Å²) in [6, 6.07) is 1.42. The van der Waals surface area contributed by atoms with Crippen molar-refractivity contribution >= 4 is 0 Å². The molecule has 1 atom stereocenters. The number of hydrogen-bond acceptors (Lipinski definition) is 2. The van der Waals surface area contributed by atoms with Crippen LogP contribution in [-0.2, 0) is 0 Å². The van der Waals surface area contributed by atoms with Gasteiger partial charge in [-0.15, -0.1) is 0 Å². The number of nitrogens with zero attached hydrogens (tertiary/aromatic N) is 1. The average molecular weight is 295 g/mol. The highest BCUT2D eigenvalue weighted by Crippen LogP contribution is 2.41. The molecule has 0 aromatic carbocycles. The molecule has 0 saturated heterocycles. The van der Waals surface area contributed by atoms with Crippen LogP contribution in [0.25, 0.3) is 0 Å². The fourth-order valence-corrected chi connectivity index (χ4v) is 4.82. The predicted octanol–water partition coefficient (Wildman–Crippen LogP) is 4.43. The molecule has 0 spiro atoms. The summed E-state index contributed by atoms with van der Waals surface area (Å²) in [4.78, 5) is 2.67. The van der Waals surface area contributed by atoms with Gasteiger partial charge in [0.05, 0.1) is 0 Å². The van der Waals surface area contributed by atoms with Crippen LogP contribution in [-0.4, -0.2) is 30.6 Å². The van der Waals surface area contributed by atoms with Crippen molar-refractivity contribution in [2.75, 3.05) is 13.6 Å². The lowest BCUT2D eigenvalue weighted by molar-refractivity contribution is 0.0616. The first-order chi connectivity index (χ1) is 9.93. The number of nitrogens with two attached hydrogens (primary N) is 1. The Kier molecular flexibility index (Phi) is 6.14. The second-order valence-corrected chi connectivity index (χ2v) is 8.74. The van der Waals surface area contributed by atoms with Gasteiger partial charge in [0.15, 0.2) is 0 Å². The Hall–Kier alpha value is -0.0800. The van der Waals surface area contributed by atoms with Crippen LogP contribution in [0, 0.1) is 17.3 Å². The number of hydrogen-bond donors (Lipinski definition) is 1. The van der Waals surface area contributed by atoms with E-state index in [1.165, 1.54) is 57.8 Å². The van der Waals surface area contributed by atoms with Crippen LogP contribution in [0.3, 0.4) is 0 Å². The van der Waals surface area contributed by atoms with Crippen molar-refractivity contribution in [2.24, 2.45) is 23.0 Å². The molecule has 2 N–H and O–H groups in total. The largest absolute Gasteiger partial charge is 0.329 e. The van der Waals surface area contributed by atoms with Gasteiger partial charge in [-0.2, -0.15) is 0 Å². The van der Waals surface area contributed by atoms with Gasteiger partial charge < -0.3 is 5.73 Å². The van der Waals surface area contributed by atoms with E-state index in [1.54, 1.807) is 0 Å². The third kappa shape index (κ3) is 4.45. The van der Waals surface area contributed by atoms with E-state index in [1.807, 2.05) is 0 Å². The van der Waals surface area contributed by atoms with E-state index in [0.717, 1.165) is 24.4 Å². The van der Waals surface area contributed by atoms with Crippen molar-refractivity contribution in [2.45, 2.75) is 90.6 Å². The van der Waals surface area contributed by atoms with Crippen molar-refractivity contribution in [3.8, 4) is 0 Å². The molecule has 2 nitrogen and oxygen atoms in total. The molecule has 0 aromatic heterocycles. The zero-order valence-electron chi connectivity index (χ0n) is 14.9. The van der Waals surface area contributed by atoms with Gasteiger partial charge in [0.2, 0.25) is 0 Å². The molecule has 124 valence electrons. The summed E-state index contributed by atoms with van der Waals surface area (Å²) in [5.41, 5.74) is 6.67. The minimum atomic E-state index is 0.485. The number of likely N-dealkylation sites (N-methyl/N-ethyl adjacent to an activating group) is 1. The van der Waals surface area contributed by atoms with E-state index < -0.39 is 0 Å². The molecule has 2 aliphatic carbocycles. The molecule has 1 unspecified atom stereocenters. The summed E-state index contributed by atoms with van der Waals surface area (Å²) in [7, 11) is 2.35. The Bertz CT molecular complexity index is 293. The molecular weight excluding hydrogens is 256 g/mol. The van der Waals surface area contributed by atoms with Gasteiger partial charge in [0.25, 0.3) is 0 Å². The first-order valence-electron chi connectivity index (χ1n) is 9.35. The van der Waals surface area contributed by atoms with E-state index in [2.05, 4.69) is 32.7 Å². The second kappa shape index (κ2) is 7.46. The van der Waals surface area contributed by atoms with E-state index in [0.29, 0.717) is 11.5 Å². The van der Waals surface area contributed by atoms with Crippen LogP contribution in [0.1, 0.15) is 78.6 Å². The Balaban J connectivity index is 1.89. The first kappa shape index (κ1) is 17.3. The maximum absolute atomic E-state index is 6.19. The molecule has 0 aromatic rings. The van der Waals surface area contributed by atoms with Crippen LogP contribution in [0.15, 0.2) is 0 Å². The topological polar surface area (TPSA) is 29.3 Å². The van der Waals surface area contributed by atoms with Crippen LogP contribution >= 0.6 is 0 Å². The maximum atomic E-state index is 6.19. The fraction of sp³-hybridized carbons (Fsp3) is 1.00. The quantitative estimate of drug-likeness (QED) is 0.831. The molecule has 2 heteroatoms. The second-order valence-electron chi connectivity index (χ2n) is 8.74. The zero-order valence-corrected chi connectivity index (χ0v) is 14.9. The van der Waals surface area contributed by atoms with Crippen LogP contribution < -0.4 is 5.73 Å². The SMILES string of the molecule is CN(C1CCCCC1)C(CN)C1CCC(C(C)(C)C)CC1. The Morgan fingerprint density at radius 1 is 0.952 bits per heavy atom. The van der Waals surface area contributed by atoms with Crippen LogP contribution in [0.2, 0.25) is 0 Å². The smallest absolute Gasteiger partial charge is 0.0246 e. The molecule has 0 radical (unpaired) electrons. The highest BCUT2D eigenvalue weighted by Gasteiger charge is 2.35. The minimum absolute atomic E-state index is 0.485. The fourth-order valence-electron chi connectivity index (χ4n) is 4.82. The first-order valence-corrected chi connectivity index (χ1v) is 9.35. The summed E-state index contributed by atoms with van der Waals surface area (Å²) in [6.45, 7) is 8.07. The van der Waals surface area contributed by atoms with Gasteiger partial charge in [0.1, 0.15) is 0 Å². The monoisotopic (exact) mass is 294 g/mol. The number of rotatable bonds is 4. The van der Waals surface area contributed by atoms with Crippen molar-refractivity contribution in [3.63, 3.8) is 0 Å². The van der Waals surface area contributed by atoms with Crippen molar-refractivity contribution in [1.82, 2.24) is 4.90 Å². The lowest BCUT2D eigenvalue weighted by Gasteiger charge is -2.44. The molecule has 0 bridgehead atoms. The Morgan fingerprint density at radius 2 is 1.52 bits per heavy atom. The molecule has 0 amide bonds. The Morgan fingerprint density at radius 3 is 2.00 bits per heavy atom. The summed E-state index contributed by atoms with van der Waals surface area (Å²) in [5.74, 6) is 1.74. The molecular formula is C19H38N2. The van der Waals surface area contributed by atoms with E-state index >= 15 is 0 Å². The summed E-state index contributed by atoms with van der Waals surface area (Å²) in [5, 5.41) is 0. The van der Waals surface area contributed by atoms with Crippen molar-refractivity contribution in [3.05, 3.63) is 0 Å². The summed E-state index contributed by atoms with van der Waals surface area (Å²) in [6.07, 6.45) is 12.7. The van der Waals surface area contributed by atoms with Gasteiger partial charge >= 0.3 is 0 Å². The highest BCUT2D eigenvalue weighted by atomic mass is 15.2. The molecule has 0 heterocycles. The van der Waals surface area contributed by atoms with E-state index in [4.69, 9.17) is 5.73 Å². The highest BCUT2D eigenvalue weighted by molar-refractivity contribution is 4.89. The van der Waals surface area contributed by atoms with Gasteiger partial charge in [-0.3, -0.25) is 4.90 Å². The lowest BCUT2D eigenvalue weighted by atomic mass is 9.68. The summed E-state index contributed by atoms with van der Waals surface area (Å²) >= 11 is 0. The summed E-state index contributed by atoms with van der Waals surface area (Å²) < 4.78 is 0. The Labute approximate surface area is 132 Å². The van der Waals surface area contributed by atoms with Crippen LogP contribution in [0.4, 0.5) is 0 Å². The average Bonchev–Trinajstić information content (AvgIpc) is 2.48. The normalized spacial score (nSPS) is 30.6. The molecule has 2 rings (SSSR count). The van der Waals surface area contributed by atoms with Gasteiger partial charge in [-0.1, -0.05) is 40.0 Å². The van der Waals surface area contributed by atoms with Crippen LogP contribution in [0.5, 0.6) is 0 Å². The molecule has 21 heavy (non-hydrogen) atoms. The third-order valence-electron chi connectivity index (χ3n) is 6.46. The third-order valence-corrected chi connectivity index (χ3v) is 6.46. The predicted molar refractivity (Wildman–Crippen MR) is 92.4 cm³/mol. The standard InChI is InChI=1S/C19H38N2/c1-19(2,3)16-12-10-15(11-13-16)18(14-20)21(4)17-8-6-5-7-9-17/h15-18H,5-14,20H2,1-4H3. The molecule has 2 fully saturated rings. The van der Waals surface area contributed by atoms with Gasteiger partial charge in [-0.25, -0.2) is 0 Å². The molecule has 2 saturated carbocycles. The van der Waals surface area contributed by atoms with Gasteiger partial charge in [-0.05, 0) is 62.8 Å². The maximum Gasteiger partial charge on any atom is 0.0246 e. The molecule has 2 aliphatic rings.